The van der Waals surface area contributed by atoms with Crippen molar-refractivity contribution < 1.29 is 0 Å². The molecule has 1 nitrogen and oxygen atoms in total. The van der Waals surface area contributed by atoms with Gasteiger partial charge < -0.3 is 5.32 Å². The maximum atomic E-state index is 3.50. The molecule has 1 fully saturated rings. The minimum atomic E-state index is 0.555. The molecule has 13 heavy (non-hydrogen) atoms. The minimum absolute atomic E-state index is 0.555. The van der Waals surface area contributed by atoms with Crippen LogP contribution in [0.3, 0.4) is 0 Å². The molecule has 1 atom stereocenters. The van der Waals surface area contributed by atoms with Crippen molar-refractivity contribution in [2.45, 2.75) is 59.4 Å². The van der Waals surface area contributed by atoms with Crippen LogP contribution in [0.2, 0.25) is 0 Å². The van der Waals surface area contributed by atoms with E-state index in [-0.39, 0.29) is 0 Å². The number of hydrogen-bond acceptors (Lipinski definition) is 1. The van der Waals surface area contributed by atoms with Crippen LogP contribution in [0.4, 0.5) is 0 Å². The van der Waals surface area contributed by atoms with Crippen LogP contribution >= 0.6 is 0 Å². The first-order valence-corrected chi connectivity index (χ1v) is 5.79. The molecule has 0 saturated heterocycles. The Morgan fingerprint density at radius 1 is 1.38 bits per heavy atom. The summed E-state index contributed by atoms with van der Waals surface area (Å²) < 4.78 is 0. The van der Waals surface area contributed by atoms with Crippen LogP contribution in [0.5, 0.6) is 0 Å². The van der Waals surface area contributed by atoms with E-state index >= 15 is 0 Å². The van der Waals surface area contributed by atoms with Gasteiger partial charge in [-0.05, 0) is 44.1 Å². The molecule has 1 unspecified atom stereocenters. The van der Waals surface area contributed by atoms with Gasteiger partial charge in [0, 0.05) is 6.04 Å². The fourth-order valence-corrected chi connectivity index (χ4v) is 2.57. The number of rotatable bonds is 5. The van der Waals surface area contributed by atoms with Gasteiger partial charge in [0.2, 0.25) is 0 Å². The monoisotopic (exact) mass is 183 g/mol. The lowest BCUT2D eigenvalue weighted by Gasteiger charge is -2.42. The van der Waals surface area contributed by atoms with Crippen LogP contribution in [0.1, 0.15) is 53.4 Å². The maximum absolute atomic E-state index is 3.50. The predicted octanol–water partition coefficient (Wildman–Crippen LogP) is 3.20. The summed E-state index contributed by atoms with van der Waals surface area (Å²) in [5, 5.41) is 3.50. The van der Waals surface area contributed by atoms with Crippen LogP contribution in [0.25, 0.3) is 0 Å². The second kappa shape index (κ2) is 4.45. The molecular weight excluding hydrogens is 158 g/mol. The molecule has 0 amide bonds. The van der Waals surface area contributed by atoms with Gasteiger partial charge in [-0.2, -0.15) is 0 Å². The minimum Gasteiger partial charge on any atom is -0.315 e. The summed E-state index contributed by atoms with van der Waals surface area (Å²) in [6.45, 7) is 10.5. The SMILES string of the molecule is CCNC(C)CC(C)(C)C1CCC1. The third-order valence-electron chi connectivity index (χ3n) is 3.60. The topological polar surface area (TPSA) is 12.0 Å². The molecule has 1 aliphatic carbocycles. The van der Waals surface area contributed by atoms with Crippen molar-refractivity contribution in [2.24, 2.45) is 11.3 Å². The first-order valence-electron chi connectivity index (χ1n) is 5.79. The molecule has 1 aliphatic rings. The lowest BCUT2D eigenvalue weighted by atomic mass is 9.65. The van der Waals surface area contributed by atoms with E-state index in [9.17, 15) is 0 Å². The first kappa shape index (κ1) is 11.0. The smallest absolute Gasteiger partial charge is 0.00437 e. The third kappa shape index (κ3) is 2.98. The lowest BCUT2D eigenvalue weighted by molar-refractivity contribution is 0.100. The molecule has 0 radical (unpaired) electrons. The van der Waals surface area contributed by atoms with Crippen LogP contribution in [0.15, 0.2) is 0 Å². The average molecular weight is 183 g/mol. The Morgan fingerprint density at radius 3 is 2.38 bits per heavy atom. The zero-order valence-corrected chi connectivity index (χ0v) is 9.69. The largest absolute Gasteiger partial charge is 0.315 e. The lowest BCUT2D eigenvalue weighted by Crippen LogP contribution is -2.37. The summed E-state index contributed by atoms with van der Waals surface area (Å²) >= 11 is 0. The van der Waals surface area contributed by atoms with Crippen molar-refractivity contribution in [2.75, 3.05) is 6.54 Å². The second-order valence-electron chi connectivity index (χ2n) is 5.28. The molecule has 0 aromatic rings. The Labute approximate surface area is 83.3 Å². The van der Waals surface area contributed by atoms with Gasteiger partial charge in [-0.3, -0.25) is 0 Å². The van der Waals surface area contributed by atoms with E-state index in [0.29, 0.717) is 11.5 Å². The molecule has 0 aromatic heterocycles. The Kier molecular flexibility index (Phi) is 3.78. The highest BCUT2D eigenvalue weighted by Crippen LogP contribution is 2.44. The fraction of sp³-hybridized carbons (Fsp3) is 1.00. The molecule has 0 aliphatic heterocycles. The van der Waals surface area contributed by atoms with E-state index < -0.39 is 0 Å². The summed E-state index contributed by atoms with van der Waals surface area (Å²) in [4.78, 5) is 0. The summed E-state index contributed by atoms with van der Waals surface area (Å²) in [6, 6.07) is 0.681. The van der Waals surface area contributed by atoms with Gasteiger partial charge >= 0.3 is 0 Å². The normalized spacial score (nSPS) is 21.2. The Hall–Kier alpha value is -0.0400. The Bertz CT molecular complexity index is 147. The van der Waals surface area contributed by atoms with E-state index in [4.69, 9.17) is 0 Å². The quantitative estimate of drug-likeness (QED) is 0.690. The summed E-state index contributed by atoms with van der Waals surface area (Å²) in [7, 11) is 0. The van der Waals surface area contributed by atoms with E-state index in [1.54, 1.807) is 0 Å². The van der Waals surface area contributed by atoms with Crippen molar-refractivity contribution in [3.63, 3.8) is 0 Å². The van der Waals surface area contributed by atoms with Gasteiger partial charge in [-0.25, -0.2) is 0 Å². The highest BCUT2D eigenvalue weighted by molar-refractivity contribution is 4.86. The summed E-state index contributed by atoms with van der Waals surface area (Å²) in [5.41, 5.74) is 0.555. The van der Waals surface area contributed by atoms with Crippen LogP contribution in [-0.4, -0.2) is 12.6 Å². The highest BCUT2D eigenvalue weighted by atomic mass is 14.9. The summed E-state index contributed by atoms with van der Waals surface area (Å²) in [6.07, 6.45) is 5.72. The van der Waals surface area contributed by atoms with Crippen LogP contribution in [-0.2, 0) is 0 Å². The molecule has 1 saturated carbocycles. The van der Waals surface area contributed by atoms with E-state index in [2.05, 4.69) is 33.0 Å². The van der Waals surface area contributed by atoms with Crippen molar-refractivity contribution in [1.29, 1.82) is 0 Å². The standard InChI is InChI=1S/C12H25N/c1-5-13-10(2)9-12(3,4)11-7-6-8-11/h10-11,13H,5-9H2,1-4H3. The van der Waals surface area contributed by atoms with E-state index in [1.807, 2.05) is 0 Å². The number of hydrogen-bond donors (Lipinski definition) is 1. The highest BCUT2D eigenvalue weighted by Gasteiger charge is 2.34. The molecule has 1 rings (SSSR count). The van der Waals surface area contributed by atoms with Gasteiger partial charge in [0.05, 0.1) is 0 Å². The molecular formula is C12H25N. The van der Waals surface area contributed by atoms with E-state index in [1.165, 1.54) is 25.7 Å². The molecule has 0 spiro atoms. The van der Waals surface area contributed by atoms with E-state index in [0.717, 1.165) is 12.5 Å². The van der Waals surface area contributed by atoms with Crippen molar-refractivity contribution in [3.8, 4) is 0 Å². The van der Waals surface area contributed by atoms with Gasteiger partial charge in [0.1, 0.15) is 0 Å². The van der Waals surface area contributed by atoms with Crippen molar-refractivity contribution in [1.82, 2.24) is 5.32 Å². The van der Waals surface area contributed by atoms with Gasteiger partial charge in [-0.15, -0.1) is 0 Å². The molecule has 1 N–H and O–H groups in total. The third-order valence-corrected chi connectivity index (χ3v) is 3.60. The molecule has 0 bridgehead atoms. The van der Waals surface area contributed by atoms with Gasteiger partial charge in [0.25, 0.3) is 0 Å². The molecule has 0 aromatic carbocycles. The van der Waals surface area contributed by atoms with Gasteiger partial charge in [0.15, 0.2) is 0 Å². The molecule has 1 heteroatoms. The average Bonchev–Trinajstić information content (AvgIpc) is 1.79. The number of nitrogens with one attached hydrogen (secondary N) is 1. The van der Waals surface area contributed by atoms with Crippen molar-refractivity contribution in [3.05, 3.63) is 0 Å². The van der Waals surface area contributed by atoms with Gasteiger partial charge in [-0.1, -0.05) is 27.2 Å². The van der Waals surface area contributed by atoms with Crippen LogP contribution in [0, 0.1) is 11.3 Å². The van der Waals surface area contributed by atoms with Crippen molar-refractivity contribution >= 4 is 0 Å². The first-order chi connectivity index (χ1) is 6.06. The zero-order valence-electron chi connectivity index (χ0n) is 9.69. The molecule has 78 valence electrons. The summed E-state index contributed by atoms with van der Waals surface area (Å²) in [5.74, 6) is 0.994. The second-order valence-corrected chi connectivity index (χ2v) is 5.28. The maximum Gasteiger partial charge on any atom is 0.00437 e. The van der Waals surface area contributed by atoms with Crippen LogP contribution < -0.4 is 5.32 Å². The molecule has 0 heterocycles. The Morgan fingerprint density at radius 2 is 2.00 bits per heavy atom. The zero-order chi connectivity index (χ0) is 9.90. The fourth-order valence-electron chi connectivity index (χ4n) is 2.57. The predicted molar refractivity (Wildman–Crippen MR) is 58.9 cm³/mol. The Balaban J connectivity index is 2.31.